The Labute approximate surface area is 202 Å². The molecule has 0 bridgehead atoms. The van der Waals surface area contributed by atoms with Crippen LogP contribution in [0.2, 0.25) is 0 Å². The minimum atomic E-state index is -3.39. The van der Waals surface area contributed by atoms with Crippen molar-refractivity contribution in [2.75, 3.05) is 25.7 Å². The van der Waals surface area contributed by atoms with Gasteiger partial charge in [-0.1, -0.05) is 0 Å². The molecular weight excluding hydrogens is 470 g/mol. The lowest BCUT2D eigenvalue weighted by atomic mass is 9.92. The van der Waals surface area contributed by atoms with Crippen molar-refractivity contribution >= 4 is 27.2 Å². The van der Waals surface area contributed by atoms with Crippen LogP contribution >= 0.6 is 0 Å². The van der Waals surface area contributed by atoms with Gasteiger partial charge in [0.15, 0.2) is 9.84 Å². The van der Waals surface area contributed by atoms with E-state index >= 15 is 0 Å². The number of amides is 1. The monoisotopic (exact) mass is 495 g/mol. The van der Waals surface area contributed by atoms with Gasteiger partial charge in [0.05, 0.1) is 30.2 Å². The molecule has 1 amide bonds. The number of allylic oxidation sites excluding steroid dienone is 1. The Morgan fingerprint density at radius 3 is 2.57 bits per heavy atom. The Hall–Kier alpha value is -3.79. The Morgan fingerprint density at radius 2 is 1.89 bits per heavy atom. The first kappa shape index (κ1) is 23.0. The van der Waals surface area contributed by atoms with E-state index in [9.17, 15) is 18.0 Å². The van der Waals surface area contributed by atoms with Crippen LogP contribution in [0, 0.1) is 0 Å². The molecule has 1 aromatic heterocycles. The summed E-state index contributed by atoms with van der Waals surface area (Å²) < 4.78 is 36.7. The molecule has 1 N–H and O–H groups in total. The largest absolute Gasteiger partial charge is 0.497 e. The molecular formula is C25H25N3O6S. The number of pyridine rings is 1. The van der Waals surface area contributed by atoms with Crippen LogP contribution in [0.15, 0.2) is 64.7 Å². The van der Waals surface area contributed by atoms with Crippen molar-refractivity contribution in [3.63, 3.8) is 0 Å². The third-order valence-corrected chi connectivity index (χ3v) is 7.17. The van der Waals surface area contributed by atoms with E-state index in [1.807, 2.05) is 0 Å². The maximum absolute atomic E-state index is 13.3. The summed E-state index contributed by atoms with van der Waals surface area (Å²) >= 11 is 0. The maximum atomic E-state index is 13.3. The quantitative estimate of drug-likeness (QED) is 0.694. The molecule has 1 aliphatic carbocycles. The predicted molar refractivity (Wildman–Crippen MR) is 132 cm³/mol. The number of carbonyl (C=O) groups excluding carboxylic acids is 1. The molecule has 5 rings (SSSR count). The van der Waals surface area contributed by atoms with Gasteiger partial charge >= 0.3 is 6.09 Å². The summed E-state index contributed by atoms with van der Waals surface area (Å²) in [5.41, 5.74) is 3.36. The van der Waals surface area contributed by atoms with Crippen LogP contribution in [0.1, 0.15) is 17.5 Å². The lowest BCUT2D eigenvalue weighted by Crippen LogP contribution is -2.42. The summed E-state index contributed by atoms with van der Waals surface area (Å²) in [5.74, 6) is 0.788. The van der Waals surface area contributed by atoms with Crippen molar-refractivity contribution in [3.05, 3.63) is 81.4 Å². The van der Waals surface area contributed by atoms with Crippen LogP contribution in [-0.2, 0) is 16.9 Å². The van der Waals surface area contributed by atoms with Gasteiger partial charge in [0.2, 0.25) is 0 Å². The number of nitrogens with one attached hydrogen (secondary N) is 1. The fourth-order valence-corrected chi connectivity index (χ4v) is 5.59. The van der Waals surface area contributed by atoms with Crippen LogP contribution in [0.3, 0.4) is 0 Å². The number of aromatic nitrogens is 1. The molecule has 35 heavy (non-hydrogen) atoms. The number of ether oxygens (including phenoxy) is 2. The third kappa shape index (κ3) is 4.14. The number of aryl methyl sites for hydroxylation is 1. The number of benzene rings is 1. The van der Waals surface area contributed by atoms with Gasteiger partial charge in [-0.05, 0) is 59.5 Å². The summed E-state index contributed by atoms with van der Waals surface area (Å²) in [6, 6.07) is 8.12. The van der Waals surface area contributed by atoms with Crippen LogP contribution in [-0.4, -0.2) is 55.7 Å². The van der Waals surface area contributed by atoms with Crippen LogP contribution < -0.4 is 20.3 Å². The van der Waals surface area contributed by atoms with E-state index in [1.54, 1.807) is 63.0 Å². The van der Waals surface area contributed by atoms with Crippen molar-refractivity contribution < 1.29 is 22.7 Å². The second-order valence-corrected chi connectivity index (χ2v) is 11.0. The molecule has 3 heterocycles. The number of hydrogen-bond donors (Lipinski definition) is 1. The lowest BCUT2D eigenvalue weighted by Gasteiger charge is -2.30. The van der Waals surface area contributed by atoms with Crippen molar-refractivity contribution in [1.29, 1.82) is 0 Å². The zero-order valence-electron chi connectivity index (χ0n) is 19.6. The normalized spacial score (nSPS) is 18.6. The molecule has 0 saturated carbocycles. The molecule has 182 valence electrons. The molecule has 10 heteroatoms. The van der Waals surface area contributed by atoms with Gasteiger partial charge in [-0.25, -0.2) is 13.2 Å². The molecule has 1 aromatic carbocycles. The molecule has 0 radical (unpaired) electrons. The number of hydrogen-bond acceptors (Lipinski definition) is 7. The zero-order chi connectivity index (χ0) is 24.9. The molecule has 0 spiro atoms. The highest BCUT2D eigenvalue weighted by atomic mass is 32.2. The fraction of sp³-hybridized carbons (Fsp3) is 0.280. The first-order valence-corrected chi connectivity index (χ1v) is 13.2. The van der Waals surface area contributed by atoms with Gasteiger partial charge in [0, 0.05) is 37.8 Å². The molecule has 1 atom stereocenters. The summed E-state index contributed by atoms with van der Waals surface area (Å²) in [5, 5.41) is 3.34. The summed E-state index contributed by atoms with van der Waals surface area (Å²) in [7, 11) is -0.179. The molecule has 2 aromatic rings. The maximum Gasteiger partial charge on any atom is 0.419 e. The molecule has 1 unspecified atom stereocenters. The van der Waals surface area contributed by atoms with Crippen molar-refractivity contribution in [2.45, 2.75) is 12.5 Å². The Kier molecular flexibility index (Phi) is 5.55. The summed E-state index contributed by atoms with van der Waals surface area (Å²) in [4.78, 5) is 27.9. The van der Waals surface area contributed by atoms with E-state index in [0.717, 1.165) is 11.8 Å². The van der Waals surface area contributed by atoms with Crippen LogP contribution in [0.5, 0.6) is 11.5 Å². The van der Waals surface area contributed by atoms with Gasteiger partial charge in [0.1, 0.15) is 11.5 Å². The zero-order valence-corrected chi connectivity index (χ0v) is 20.4. The van der Waals surface area contributed by atoms with E-state index in [0.29, 0.717) is 52.4 Å². The molecule has 2 aliphatic heterocycles. The Balaban J connectivity index is 1.61. The third-order valence-electron chi connectivity index (χ3n) is 6.33. The average molecular weight is 496 g/mol. The summed E-state index contributed by atoms with van der Waals surface area (Å²) in [6.45, 7) is 0.538. The highest BCUT2D eigenvalue weighted by Crippen LogP contribution is 2.42. The van der Waals surface area contributed by atoms with Crippen molar-refractivity contribution in [2.24, 2.45) is 7.05 Å². The van der Waals surface area contributed by atoms with Gasteiger partial charge < -0.3 is 19.4 Å². The van der Waals surface area contributed by atoms with Crippen molar-refractivity contribution in [3.8, 4) is 11.5 Å². The standard InChI is InChI=1S/C25H25N3O6S/c1-27-11-9-19-16(14-35(3,31)32)12-15-13-28(25(30)34-18-6-4-17(33-2)5-7-18)20-8-10-26-23(21(15)20)22(19)24(27)29/h4-7,9,11-13,20,26H,8,10,14H2,1-3H3. The number of nitrogens with zero attached hydrogens (tertiary/aromatic N) is 2. The fourth-order valence-electron chi connectivity index (χ4n) is 4.79. The number of carbonyl (C=O) groups is 1. The van der Waals surface area contributed by atoms with E-state index < -0.39 is 15.9 Å². The number of sulfone groups is 1. The summed E-state index contributed by atoms with van der Waals surface area (Å²) in [6.07, 6.45) is 6.29. The van der Waals surface area contributed by atoms with E-state index in [4.69, 9.17) is 9.47 Å². The number of methoxy groups -OCH3 is 1. The highest BCUT2D eigenvalue weighted by Gasteiger charge is 2.41. The Morgan fingerprint density at radius 1 is 1.17 bits per heavy atom. The molecule has 3 aliphatic rings. The van der Waals surface area contributed by atoms with Crippen LogP contribution in [0.25, 0.3) is 11.3 Å². The average Bonchev–Trinajstić information content (AvgIpc) is 3.12. The lowest BCUT2D eigenvalue weighted by molar-refractivity contribution is 0.161. The van der Waals surface area contributed by atoms with Crippen molar-refractivity contribution in [1.82, 2.24) is 14.8 Å². The smallest absolute Gasteiger partial charge is 0.419 e. The van der Waals surface area contributed by atoms with E-state index in [1.165, 1.54) is 9.47 Å². The number of fused-ring (bicyclic) bond motifs is 2. The minimum Gasteiger partial charge on any atom is -0.497 e. The first-order chi connectivity index (χ1) is 16.7. The van der Waals surface area contributed by atoms with Gasteiger partial charge in [-0.15, -0.1) is 0 Å². The molecule has 0 saturated heterocycles. The minimum absolute atomic E-state index is 0.230. The van der Waals surface area contributed by atoms with E-state index in [2.05, 4.69) is 5.32 Å². The number of rotatable bonds is 4. The topological polar surface area (TPSA) is 107 Å². The van der Waals surface area contributed by atoms with Crippen LogP contribution in [0.4, 0.5) is 4.79 Å². The molecule has 9 nitrogen and oxygen atoms in total. The Bertz CT molecular complexity index is 1480. The second-order valence-electron chi connectivity index (χ2n) is 8.82. The second kappa shape index (κ2) is 8.46. The molecule has 0 fully saturated rings. The van der Waals surface area contributed by atoms with Gasteiger partial charge in [-0.2, -0.15) is 0 Å². The van der Waals surface area contributed by atoms with E-state index in [-0.39, 0.29) is 17.4 Å². The van der Waals surface area contributed by atoms with Gasteiger partial charge in [0.25, 0.3) is 5.56 Å². The van der Waals surface area contributed by atoms with Gasteiger partial charge in [-0.3, -0.25) is 9.69 Å². The SMILES string of the molecule is COc1ccc(OC(=O)N2C=C3C=C(CS(C)(=O)=O)c4ccn(C)c(=O)c4C4=C3C2CCN4)cc1. The first-order valence-electron chi connectivity index (χ1n) is 11.1. The highest BCUT2D eigenvalue weighted by molar-refractivity contribution is 7.91. The predicted octanol–water partition coefficient (Wildman–Crippen LogP) is 2.31.